The number of nitrogens with zero attached hydrogens (tertiary/aromatic N) is 1. The molecule has 3 aromatic rings. The summed E-state index contributed by atoms with van der Waals surface area (Å²) in [7, 11) is -8.22. The number of sulfonamides is 2. The molecule has 0 atom stereocenters. The molecule has 9 nitrogen and oxygen atoms in total. The van der Waals surface area contributed by atoms with Crippen LogP contribution >= 0.6 is 34.5 Å². The number of carbonyl (C=O) groups is 1. The first-order valence-electron chi connectivity index (χ1n) is 8.75. The van der Waals surface area contributed by atoms with Gasteiger partial charge in [-0.3, -0.25) is 9.44 Å². The summed E-state index contributed by atoms with van der Waals surface area (Å²) in [5.74, 6) is -0.695. The van der Waals surface area contributed by atoms with Crippen LogP contribution in [-0.4, -0.2) is 34.4 Å². The second kappa shape index (κ2) is 9.63. The molecule has 0 fully saturated rings. The Labute approximate surface area is 198 Å². The molecule has 0 spiro atoms. The molecule has 0 aliphatic rings. The number of hydrogen-bond donors (Lipinski definition) is 2. The van der Waals surface area contributed by atoms with E-state index in [0.29, 0.717) is 0 Å². The highest BCUT2D eigenvalue weighted by molar-refractivity contribution is 7.94. The van der Waals surface area contributed by atoms with Gasteiger partial charge in [-0.25, -0.2) is 26.6 Å². The molecule has 2 aromatic heterocycles. The monoisotopic (exact) mass is 535 g/mol. The first-order valence-corrected chi connectivity index (χ1v) is 13.3. The number of esters is 1. The second-order valence-electron chi connectivity index (χ2n) is 6.05. The Morgan fingerprint density at radius 3 is 2.16 bits per heavy atom. The predicted octanol–water partition coefficient (Wildman–Crippen LogP) is 4.23. The van der Waals surface area contributed by atoms with Gasteiger partial charge in [-0.15, -0.1) is 11.3 Å². The average Bonchev–Trinajstić information content (AvgIpc) is 3.28. The summed E-state index contributed by atoms with van der Waals surface area (Å²) in [5, 5.41) is 1.60. The minimum absolute atomic E-state index is 0.000720. The molecule has 170 valence electrons. The molecule has 14 heteroatoms. The Hall–Kier alpha value is -2.38. The van der Waals surface area contributed by atoms with E-state index in [9.17, 15) is 21.6 Å². The number of thiophene rings is 1. The Morgan fingerprint density at radius 2 is 1.66 bits per heavy atom. The van der Waals surface area contributed by atoms with Crippen molar-refractivity contribution in [2.24, 2.45) is 0 Å². The molecule has 0 saturated carbocycles. The van der Waals surface area contributed by atoms with Crippen LogP contribution in [0.4, 0.5) is 11.4 Å². The van der Waals surface area contributed by atoms with E-state index in [0.717, 1.165) is 23.6 Å². The number of benzene rings is 1. The molecule has 0 saturated heterocycles. The zero-order valence-corrected chi connectivity index (χ0v) is 20.2. The van der Waals surface area contributed by atoms with Crippen molar-refractivity contribution in [1.29, 1.82) is 0 Å². The highest BCUT2D eigenvalue weighted by atomic mass is 35.5. The molecule has 0 aliphatic heterocycles. The number of pyridine rings is 1. The third-order valence-corrected chi connectivity index (χ3v) is 8.68. The van der Waals surface area contributed by atoms with Gasteiger partial charge in [0.05, 0.1) is 28.0 Å². The summed E-state index contributed by atoms with van der Waals surface area (Å²) in [4.78, 5) is 15.2. The molecule has 0 aliphatic carbocycles. The minimum Gasteiger partial charge on any atom is -0.461 e. The Kier molecular flexibility index (Phi) is 7.30. The highest BCUT2D eigenvalue weighted by Gasteiger charge is 2.22. The quantitative estimate of drug-likeness (QED) is 0.412. The van der Waals surface area contributed by atoms with Crippen molar-refractivity contribution in [1.82, 2.24) is 4.98 Å². The second-order valence-corrected chi connectivity index (χ2v) is 11.4. The van der Waals surface area contributed by atoms with Gasteiger partial charge in [0.15, 0.2) is 0 Å². The number of anilines is 2. The molecule has 0 radical (unpaired) electrons. The third-order valence-electron chi connectivity index (χ3n) is 3.84. The van der Waals surface area contributed by atoms with Gasteiger partial charge >= 0.3 is 5.97 Å². The fourth-order valence-electron chi connectivity index (χ4n) is 2.40. The smallest absolute Gasteiger partial charge is 0.356 e. The van der Waals surface area contributed by atoms with Crippen LogP contribution in [0.5, 0.6) is 0 Å². The van der Waals surface area contributed by atoms with E-state index in [2.05, 4.69) is 14.4 Å². The van der Waals surface area contributed by atoms with E-state index in [1.54, 1.807) is 18.4 Å². The van der Waals surface area contributed by atoms with Crippen LogP contribution in [0.1, 0.15) is 17.4 Å². The van der Waals surface area contributed by atoms with Crippen molar-refractivity contribution < 1.29 is 26.4 Å². The first kappa shape index (κ1) is 24.3. The lowest BCUT2D eigenvalue weighted by molar-refractivity contribution is 0.0519. The molecule has 1 aromatic carbocycles. The van der Waals surface area contributed by atoms with E-state index < -0.39 is 26.0 Å². The summed E-state index contributed by atoms with van der Waals surface area (Å²) in [5.41, 5.74) is -0.355. The van der Waals surface area contributed by atoms with E-state index in [4.69, 9.17) is 27.9 Å². The van der Waals surface area contributed by atoms with Crippen molar-refractivity contribution in [3.05, 3.63) is 63.7 Å². The molecule has 32 heavy (non-hydrogen) atoms. The summed E-state index contributed by atoms with van der Waals surface area (Å²) in [6.45, 7) is 1.77. The van der Waals surface area contributed by atoms with E-state index in [-0.39, 0.29) is 42.8 Å². The number of halogens is 2. The zero-order chi connectivity index (χ0) is 23.5. The first-order chi connectivity index (χ1) is 15.0. The summed E-state index contributed by atoms with van der Waals surface area (Å²) < 4.78 is 60.3. The van der Waals surface area contributed by atoms with Crippen LogP contribution in [0, 0.1) is 0 Å². The van der Waals surface area contributed by atoms with Gasteiger partial charge < -0.3 is 4.74 Å². The maximum atomic E-state index is 12.8. The maximum absolute atomic E-state index is 12.8. The standard InChI is InChI=1S/C18H15Cl2N3O6S3/c1-2-29-18(24)14-6-5-11(10-21-14)31(25,26)22-15-8-12(19)13(20)9-16(15)23-32(27,28)17-4-3-7-30-17/h3-10,22-23H,2H2,1H3. The SMILES string of the molecule is CCOC(=O)c1ccc(S(=O)(=O)Nc2cc(Cl)c(Cl)cc2NS(=O)(=O)c2cccs2)cn1. The molecule has 0 bridgehead atoms. The normalized spacial score (nSPS) is 11.7. The molecule has 2 heterocycles. The van der Waals surface area contributed by atoms with Crippen molar-refractivity contribution in [3.63, 3.8) is 0 Å². The topological polar surface area (TPSA) is 132 Å². The maximum Gasteiger partial charge on any atom is 0.356 e. The van der Waals surface area contributed by atoms with Crippen molar-refractivity contribution in [2.75, 3.05) is 16.1 Å². The van der Waals surface area contributed by atoms with Crippen molar-refractivity contribution in [2.45, 2.75) is 16.0 Å². The van der Waals surface area contributed by atoms with Gasteiger partial charge in [-0.1, -0.05) is 29.3 Å². The lowest BCUT2D eigenvalue weighted by Crippen LogP contribution is -2.18. The van der Waals surface area contributed by atoms with Crippen LogP contribution in [0.15, 0.2) is 57.1 Å². The Morgan fingerprint density at radius 1 is 1.03 bits per heavy atom. The van der Waals surface area contributed by atoms with Gasteiger partial charge in [-0.05, 0) is 42.6 Å². The van der Waals surface area contributed by atoms with Gasteiger partial charge in [0.25, 0.3) is 20.0 Å². The fraction of sp³-hybridized carbons (Fsp3) is 0.111. The summed E-state index contributed by atoms with van der Waals surface area (Å²) >= 11 is 13.0. The predicted molar refractivity (Wildman–Crippen MR) is 123 cm³/mol. The van der Waals surface area contributed by atoms with Crippen LogP contribution in [0.3, 0.4) is 0 Å². The largest absolute Gasteiger partial charge is 0.461 e. The van der Waals surface area contributed by atoms with Crippen LogP contribution < -0.4 is 9.44 Å². The van der Waals surface area contributed by atoms with Gasteiger partial charge in [0.1, 0.15) is 14.8 Å². The number of aromatic nitrogens is 1. The molecular weight excluding hydrogens is 521 g/mol. The number of ether oxygens (including phenoxy) is 1. The van der Waals surface area contributed by atoms with E-state index >= 15 is 0 Å². The molecule has 2 N–H and O–H groups in total. The van der Waals surface area contributed by atoms with E-state index in [1.165, 1.54) is 24.3 Å². The van der Waals surface area contributed by atoms with Crippen LogP contribution in [-0.2, 0) is 24.8 Å². The third kappa shape index (κ3) is 5.51. The van der Waals surface area contributed by atoms with Crippen LogP contribution in [0.2, 0.25) is 10.0 Å². The van der Waals surface area contributed by atoms with Gasteiger partial charge in [0, 0.05) is 6.20 Å². The van der Waals surface area contributed by atoms with Crippen molar-refractivity contribution in [3.8, 4) is 0 Å². The number of carbonyl (C=O) groups excluding carboxylic acids is 1. The number of rotatable bonds is 8. The van der Waals surface area contributed by atoms with E-state index in [1.807, 2.05) is 0 Å². The number of nitrogens with one attached hydrogen (secondary N) is 2. The summed E-state index contributed by atoms with van der Waals surface area (Å²) in [6.07, 6.45) is 0.974. The van der Waals surface area contributed by atoms with Gasteiger partial charge in [0.2, 0.25) is 0 Å². The lowest BCUT2D eigenvalue weighted by atomic mass is 10.3. The van der Waals surface area contributed by atoms with Crippen LogP contribution in [0.25, 0.3) is 0 Å². The molecular formula is C18H15Cl2N3O6S3. The molecule has 3 rings (SSSR count). The summed E-state index contributed by atoms with van der Waals surface area (Å²) in [6, 6.07) is 7.68. The van der Waals surface area contributed by atoms with Gasteiger partial charge in [-0.2, -0.15) is 0 Å². The highest BCUT2D eigenvalue weighted by Crippen LogP contribution is 2.35. The van der Waals surface area contributed by atoms with Crippen molar-refractivity contribution >= 4 is 71.9 Å². The number of hydrogen-bond acceptors (Lipinski definition) is 8. The average molecular weight is 536 g/mol. The molecule has 0 unspecified atom stereocenters. The Balaban J connectivity index is 1.94. The lowest BCUT2D eigenvalue weighted by Gasteiger charge is -2.15. The Bertz CT molecular complexity index is 1340. The fourth-order valence-corrected chi connectivity index (χ4v) is 5.80. The minimum atomic E-state index is -4.23. The zero-order valence-electron chi connectivity index (χ0n) is 16.2. The molecule has 0 amide bonds.